The van der Waals surface area contributed by atoms with Crippen molar-refractivity contribution in [3.8, 4) is 0 Å². The normalized spacial score (nSPS) is 14.0. The molecule has 0 radical (unpaired) electrons. The van der Waals surface area contributed by atoms with Gasteiger partial charge in [-0.05, 0) is 25.0 Å². The van der Waals surface area contributed by atoms with E-state index in [4.69, 9.17) is 4.74 Å². The van der Waals surface area contributed by atoms with Gasteiger partial charge < -0.3 is 14.6 Å². The molecule has 0 amide bonds. The molecule has 1 aliphatic heterocycles. The summed E-state index contributed by atoms with van der Waals surface area (Å²) in [4.78, 5) is 27.4. The standard InChI is InChI=1S/C18H20N4O4/c1-21-9-8-20-18(21)17(23)14-2-3-15(16(12-14)22(24)25)19-7-4-13-5-10-26-11-6-13/h2-3,5,8-9,12,19H,4,6-7,10-11H2,1H3. The van der Waals surface area contributed by atoms with Crippen LogP contribution in [0.25, 0.3) is 0 Å². The summed E-state index contributed by atoms with van der Waals surface area (Å²) < 4.78 is 6.85. The van der Waals surface area contributed by atoms with E-state index in [2.05, 4.69) is 10.3 Å². The number of ketones is 1. The van der Waals surface area contributed by atoms with Crippen molar-refractivity contribution in [1.29, 1.82) is 0 Å². The van der Waals surface area contributed by atoms with Crippen LogP contribution in [0.3, 0.4) is 0 Å². The fourth-order valence-electron chi connectivity index (χ4n) is 2.84. The fourth-order valence-corrected chi connectivity index (χ4v) is 2.84. The molecule has 1 aromatic heterocycles. The highest BCUT2D eigenvalue weighted by Gasteiger charge is 2.20. The van der Waals surface area contributed by atoms with Crippen molar-refractivity contribution in [3.63, 3.8) is 0 Å². The molecule has 1 aromatic carbocycles. The number of aromatic nitrogens is 2. The van der Waals surface area contributed by atoms with Crippen LogP contribution in [0.5, 0.6) is 0 Å². The Balaban J connectivity index is 1.74. The van der Waals surface area contributed by atoms with Crippen LogP contribution in [-0.4, -0.2) is 40.0 Å². The van der Waals surface area contributed by atoms with Crippen LogP contribution in [0, 0.1) is 10.1 Å². The van der Waals surface area contributed by atoms with E-state index in [-0.39, 0.29) is 22.9 Å². The van der Waals surface area contributed by atoms with E-state index in [1.807, 2.05) is 6.08 Å². The summed E-state index contributed by atoms with van der Waals surface area (Å²) in [5, 5.41) is 14.5. The summed E-state index contributed by atoms with van der Waals surface area (Å²) in [7, 11) is 1.70. The third kappa shape index (κ3) is 3.97. The maximum Gasteiger partial charge on any atom is 0.293 e. The lowest BCUT2D eigenvalue weighted by Gasteiger charge is -2.14. The van der Waals surface area contributed by atoms with Crippen molar-refractivity contribution < 1.29 is 14.5 Å². The predicted octanol–water partition coefficient (Wildman–Crippen LogP) is 2.71. The first-order valence-corrected chi connectivity index (χ1v) is 8.36. The molecule has 0 aliphatic carbocycles. The van der Waals surface area contributed by atoms with Crippen molar-refractivity contribution in [2.45, 2.75) is 12.8 Å². The Morgan fingerprint density at radius 2 is 2.31 bits per heavy atom. The molecule has 0 saturated heterocycles. The van der Waals surface area contributed by atoms with E-state index in [9.17, 15) is 14.9 Å². The van der Waals surface area contributed by atoms with Gasteiger partial charge in [0.15, 0.2) is 5.82 Å². The number of carbonyl (C=O) groups is 1. The van der Waals surface area contributed by atoms with E-state index < -0.39 is 4.92 Å². The van der Waals surface area contributed by atoms with E-state index >= 15 is 0 Å². The largest absolute Gasteiger partial charge is 0.379 e. The molecule has 1 aliphatic rings. The van der Waals surface area contributed by atoms with Gasteiger partial charge in [-0.15, -0.1) is 0 Å². The van der Waals surface area contributed by atoms with Gasteiger partial charge in [-0.3, -0.25) is 14.9 Å². The number of nitro benzene ring substituents is 1. The van der Waals surface area contributed by atoms with Crippen molar-refractivity contribution in [3.05, 3.63) is 63.7 Å². The molecule has 0 unspecified atom stereocenters. The van der Waals surface area contributed by atoms with Gasteiger partial charge in [-0.25, -0.2) is 4.98 Å². The molecule has 0 fully saturated rings. The van der Waals surface area contributed by atoms with Crippen LogP contribution in [0.1, 0.15) is 29.0 Å². The lowest BCUT2D eigenvalue weighted by atomic mass is 10.1. The van der Waals surface area contributed by atoms with Gasteiger partial charge in [0.05, 0.1) is 18.1 Å². The van der Waals surface area contributed by atoms with Gasteiger partial charge in [0.2, 0.25) is 5.78 Å². The molecule has 0 bridgehead atoms. The van der Waals surface area contributed by atoms with Gasteiger partial charge in [-0.2, -0.15) is 0 Å². The highest BCUT2D eigenvalue weighted by molar-refractivity contribution is 6.07. The minimum atomic E-state index is -0.481. The quantitative estimate of drug-likeness (QED) is 0.354. The zero-order valence-corrected chi connectivity index (χ0v) is 14.5. The van der Waals surface area contributed by atoms with Gasteiger partial charge in [0.1, 0.15) is 5.69 Å². The van der Waals surface area contributed by atoms with Crippen molar-refractivity contribution in [1.82, 2.24) is 9.55 Å². The van der Waals surface area contributed by atoms with Gasteiger partial charge in [-0.1, -0.05) is 11.6 Å². The number of imidazole rings is 1. The van der Waals surface area contributed by atoms with Crippen LogP contribution < -0.4 is 5.32 Å². The molecular weight excluding hydrogens is 336 g/mol. The number of nitro groups is 1. The Morgan fingerprint density at radius 1 is 1.46 bits per heavy atom. The number of nitrogens with zero attached hydrogens (tertiary/aromatic N) is 3. The predicted molar refractivity (Wildman–Crippen MR) is 96.4 cm³/mol. The van der Waals surface area contributed by atoms with E-state index in [1.54, 1.807) is 29.9 Å². The second-order valence-electron chi connectivity index (χ2n) is 6.04. The smallest absolute Gasteiger partial charge is 0.293 e. The van der Waals surface area contributed by atoms with Crippen molar-refractivity contribution >= 4 is 17.2 Å². The number of carbonyl (C=O) groups excluding carboxylic acids is 1. The maximum atomic E-state index is 12.5. The Kier molecular flexibility index (Phi) is 5.43. The zero-order chi connectivity index (χ0) is 18.5. The molecule has 0 spiro atoms. The molecule has 0 atom stereocenters. The lowest BCUT2D eigenvalue weighted by molar-refractivity contribution is -0.384. The zero-order valence-electron chi connectivity index (χ0n) is 14.5. The average Bonchev–Trinajstić information content (AvgIpc) is 3.08. The molecule has 2 heterocycles. The third-order valence-corrected chi connectivity index (χ3v) is 4.30. The van der Waals surface area contributed by atoms with Crippen LogP contribution >= 0.6 is 0 Å². The molecule has 2 aromatic rings. The van der Waals surface area contributed by atoms with Crippen molar-refractivity contribution in [2.75, 3.05) is 25.1 Å². The molecule has 1 N–H and O–H groups in total. The summed E-state index contributed by atoms with van der Waals surface area (Å²) in [5.41, 5.74) is 1.81. The minimum Gasteiger partial charge on any atom is -0.379 e. The van der Waals surface area contributed by atoms with Crippen LogP contribution in [-0.2, 0) is 11.8 Å². The van der Waals surface area contributed by atoms with Crippen LogP contribution in [0.15, 0.2) is 42.2 Å². The number of hydrogen-bond acceptors (Lipinski definition) is 6. The molecule has 26 heavy (non-hydrogen) atoms. The third-order valence-electron chi connectivity index (χ3n) is 4.30. The first-order chi connectivity index (χ1) is 12.6. The monoisotopic (exact) mass is 356 g/mol. The van der Waals surface area contributed by atoms with Crippen LogP contribution in [0.4, 0.5) is 11.4 Å². The van der Waals surface area contributed by atoms with E-state index in [0.29, 0.717) is 18.8 Å². The van der Waals surface area contributed by atoms with Gasteiger partial charge in [0, 0.05) is 37.6 Å². The summed E-state index contributed by atoms with van der Waals surface area (Å²) in [6.07, 6.45) is 6.91. The second kappa shape index (κ2) is 7.92. The summed E-state index contributed by atoms with van der Waals surface area (Å²) in [5.74, 6) is -0.106. The number of ether oxygens (including phenoxy) is 1. The molecule has 3 rings (SSSR count). The molecule has 136 valence electrons. The highest BCUT2D eigenvalue weighted by atomic mass is 16.6. The summed E-state index contributed by atoms with van der Waals surface area (Å²) in [6.45, 7) is 1.93. The second-order valence-corrected chi connectivity index (χ2v) is 6.04. The Hall–Kier alpha value is -3.00. The highest BCUT2D eigenvalue weighted by Crippen LogP contribution is 2.27. The minimum absolute atomic E-state index is 0.119. The maximum absolute atomic E-state index is 12.5. The Labute approximate surface area is 150 Å². The van der Waals surface area contributed by atoms with Gasteiger partial charge >= 0.3 is 0 Å². The Bertz CT molecular complexity index is 857. The average molecular weight is 356 g/mol. The van der Waals surface area contributed by atoms with Crippen LogP contribution in [0.2, 0.25) is 0 Å². The van der Waals surface area contributed by atoms with E-state index in [1.165, 1.54) is 17.8 Å². The van der Waals surface area contributed by atoms with Gasteiger partial charge in [0.25, 0.3) is 5.69 Å². The number of aryl methyl sites for hydroxylation is 1. The number of anilines is 1. The first kappa shape index (κ1) is 17.8. The van der Waals surface area contributed by atoms with E-state index in [0.717, 1.165) is 19.4 Å². The number of hydrogen-bond donors (Lipinski definition) is 1. The number of rotatable bonds is 7. The summed E-state index contributed by atoms with van der Waals surface area (Å²) >= 11 is 0. The fraction of sp³-hybridized carbons (Fsp3) is 0.333. The Morgan fingerprint density at radius 3 is 2.96 bits per heavy atom. The van der Waals surface area contributed by atoms with Crippen molar-refractivity contribution in [2.24, 2.45) is 7.05 Å². The topological polar surface area (TPSA) is 99.3 Å². The first-order valence-electron chi connectivity index (χ1n) is 8.36. The number of benzene rings is 1. The molecule has 0 saturated carbocycles. The molecular formula is C18H20N4O4. The summed E-state index contributed by atoms with van der Waals surface area (Å²) in [6, 6.07) is 4.46. The molecule has 8 heteroatoms. The SMILES string of the molecule is Cn1ccnc1C(=O)c1ccc(NCCC2=CCOCC2)c([N+](=O)[O-])c1. The number of nitrogens with one attached hydrogen (secondary N) is 1. The lowest BCUT2D eigenvalue weighted by Crippen LogP contribution is -2.11. The molecule has 8 nitrogen and oxygen atoms in total.